The molecule has 0 aliphatic carbocycles. The zero-order valence-corrected chi connectivity index (χ0v) is 27.7. The monoisotopic (exact) mass is 743 g/mol. The van der Waals surface area contributed by atoms with Gasteiger partial charge in [-0.2, -0.15) is 0 Å². The third-order valence-electron chi connectivity index (χ3n) is 7.10. The van der Waals surface area contributed by atoms with Gasteiger partial charge < -0.3 is 25.6 Å². The molecule has 5 N–H and O–H groups in total. The predicted octanol–water partition coefficient (Wildman–Crippen LogP) is 9.37. The van der Waals surface area contributed by atoms with Gasteiger partial charge in [0.25, 0.3) is 0 Å². The maximum absolute atomic E-state index is 13.5. The van der Waals surface area contributed by atoms with Gasteiger partial charge in [0.1, 0.15) is 17.6 Å². The number of hydrogen-bond donors (Lipinski definition) is 4. The van der Waals surface area contributed by atoms with Crippen molar-refractivity contribution in [1.82, 2.24) is 0 Å². The Balaban J connectivity index is 1.42. The Hall–Kier alpha value is -4.80. The van der Waals surface area contributed by atoms with Gasteiger partial charge in [0.05, 0.1) is 21.5 Å². The van der Waals surface area contributed by atoms with Gasteiger partial charge in [0, 0.05) is 15.4 Å². The van der Waals surface area contributed by atoms with Crippen LogP contribution in [0.15, 0.2) is 130 Å². The number of carbonyl (C=O) groups is 2. The number of nitrogens with two attached hydrogens (primary N) is 1. The van der Waals surface area contributed by atoms with Crippen molar-refractivity contribution < 1.29 is 24.2 Å². The second kappa shape index (κ2) is 15.5. The Bertz CT molecular complexity index is 1860. The van der Waals surface area contributed by atoms with Gasteiger partial charge in [-0.05, 0) is 82.7 Å². The van der Waals surface area contributed by atoms with Crippen LogP contribution >= 0.6 is 31.9 Å². The largest absolute Gasteiger partial charge is 0.506 e. The quantitative estimate of drug-likeness (QED) is 0.0790. The van der Waals surface area contributed by atoms with Gasteiger partial charge >= 0.3 is 6.09 Å². The maximum atomic E-state index is 13.5. The molecule has 2 atom stereocenters. The molecule has 0 fully saturated rings. The van der Waals surface area contributed by atoms with Crippen LogP contribution in [0.2, 0.25) is 0 Å². The minimum absolute atomic E-state index is 0.0943. The second-order valence-corrected chi connectivity index (χ2v) is 12.1. The number of nitrogen functional groups attached to an aromatic ring is 1. The van der Waals surface area contributed by atoms with Crippen molar-refractivity contribution in [2.24, 2.45) is 0 Å². The standard InChI is InChI=1S/C36H31Br2N3O5/c37-24-21-27(34(43)28(38)22-24)35(46-36(44)41-30-18-10-12-23-11-4-5-15-26(23)30)32(45-25-13-2-1-3-14-25)19-8-9-20-33(42)40-31-17-7-6-16-29(31)39/h1-7,9-18,20-22,32,35,43H,8,19,39H2,(H,40,42)(H,41,44)/b20-9+/t32-,35-/m0/s1. The number of allylic oxidation sites excluding steroid dienone is 1. The van der Waals surface area contributed by atoms with Crippen molar-refractivity contribution in [3.63, 3.8) is 0 Å². The molecule has 0 aliphatic rings. The van der Waals surface area contributed by atoms with E-state index in [1.165, 1.54) is 6.08 Å². The molecule has 234 valence electrons. The summed E-state index contributed by atoms with van der Waals surface area (Å²) in [5.41, 5.74) is 7.83. The Morgan fingerprint density at radius 3 is 2.35 bits per heavy atom. The number of para-hydroxylation sites is 3. The molecule has 8 nitrogen and oxygen atoms in total. The fourth-order valence-corrected chi connectivity index (χ4v) is 6.17. The lowest BCUT2D eigenvalue weighted by molar-refractivity contribution is -0.111. The minimum Gasteiger partial charge on any atom is -0.506 e. The van der Waals surface area contributed by atoms with Gasteiger partial charge in [-0.15, -0.1) is 0 Å². The van der Waals surface area contributed by atoms with Crippen LogP contribution in [-0.2, 0) is 9.53 Å². The van der Waals surface area contributed by atoms with E-state index in [2.05, 4.69) is 42.5 Å². The molecule has 0 saturated heterocycles. The Morgan fingerprint density at radius 1 is 0.848 bits per heavy atom. The number of amides is 2. The first-order chi connectivity index (χ1) is 22.3. The van der Waals surface area contributed by atoms with Crippen LogP contribution in [0.4, 0.5) is 21.9 Å². The number of phenols is 1. The zero-order chi connectivity index (χ0) is 32.5. The number of hydrogen-bond acceptors (Lipinski definition) is 6. The molecule has 46 heavy (non-hydrogen) atoms. The summed E-state index contributed by atoms with van der Waals surface area (Å²) in [7, 11) is 0. The SMILES string of the molecule is Nc1ccccc1NC(=O)/C=C/CC[C@H](Oc1ccccc1)[C@@H](OC(=O)Nc1cccc2ccccc12)c1cc(Br)cc(Br)c1O. The molecular formula is C36H31Br2N3O5. The van der Waals surface area contributed by atoms with Crippen molar-refractivity contribution in [2.75, 3.05) is 16.4 Å². The zero-order valence-electron chi connectivity index (χ0n) is 24.5. The summed E-state index contributed by atoms with van der Waals surface area (Å²) in [4.78, 5) is 26.1. The highest BCUT2D eigenvalue weighted by atomic mass is 79.9. The summed E-state index contributed by atoms with van der Waals surface area (Å²) in [5, 5.41) is 18.6. The molecule has 0 radical (unpaired) electrons. The third-order valence-corrected chi connectivity index (χ3v) is 8.16. The number of benzene rings is 5. The fraction of sp³-hybridized carbons (Fsp3) is 0.111. The van der Waals surface area contributed by atoms with Crippen LogP contribution in [-0.4, -0.2) is 23.2 Å². The van der Waals surface area contributed by atoms with Gasteiger partial charge in [-0.25, -0.2) is 4.79 Å². The van der Waals surface area contributed by atoms with Crippen LogP contribution in [0.25, 0.3) is 10.8 Å². The van der Waals surface area contributed by atoms with Crippen LogP contribution in [0.3, 0.4) is 0 Å². The van der Waals surface area contributed by atoms with Crippen molar-refractivity contribution in [3.05, 3.63) is 136 Å². The summed E-state index contributed by atoms with van der Waals surface area (Å²) < 4.78 is 13.6. The molecule has 0 bridgehead atoms. The smallest absolute Gasteiger partial charge is 0.412 e. The number of anilines is 3. The molecule has 0 spiro atoms. The number of fused-ring (bicyclic) bond motifs is 1. The highest BCUT2D eigenvalue weighted by Gasteiger charge is 2.32. The summed E-state index contributed by atoms with van der Waals surface area (Å²) in [6.07, 6.45) is 1.27. The number of phenolic OH excluding ortho intramolecular Hbond substituents is 1. The van der Waals surface area contributed by atoms with Crippen LogP contribution < -0.4 is 21.1 Å². The Kier molecular flexibility index (Phi) is 11.0. The summed E-state index contributed by atoms with van der Waals surface area (Å²) in [6, 6.07) is 32.8. The third kappa shape index (κ3) is 8.47. The van der Waals surface area contributed by atoms with Gasteiger partial charge in [0.15, 0.2) is 6.10 Å². The first kappa shape index (κ1) is 32.6. The number of nitrogens with one attached hydrogen (secondary N) is 2. The number of halogens is 2. The van der Waals surface area contributed by atoms with E-state index in [0.717, 1.165) is 10.8 Å². The molecule has 0 saturated carbocycles. The number of ether oxygens (including phenoxy) is 2. The first-order valence-electron chi connectivity index (χ1n) is 14.5. The van der Waals surface area contributed by atoms with Crippen molar-refractivity contribution in [3.8, 4) is 11.5 Å². The van der Waals surface area contributed by atoms with Crippen LogP contribution in [0.5, 0.6) is 11.5 Å². The molecule has 0 heterocycles. The maximum Gasteiger partial charge on any atom is 0.412 e. The van der Waals surface area contributed by atoms with E-state index in [9.17, 15) is 14.7 Å². The molecule has 0 unspecified atom stereocenters. The highest BCUT2D eigenvalue weighted by Crippen LogP contribution is 2.40. The molecule has 0 aromatic heterocycles. The summed E-state index contributed by atoms with van der Waals surface area (Å²) in [6.45, 7) is 0. The van der Waals surface area contributed by atoms with E-state index in [1.807, 2.05) is 54.6 Å². The van der Waals surface area contributed by atoms with Crippen molar-refractivity contribution >= 4 is 71.7 Å². The lowest BCUT2D eigenvalue weighted by atomic mass is 9.99. The van der Waals surface area contributed by atoms with Gasteiger partial charge in [-0.1, -0.05) is 88.7 Å². The van der Waals surface area contributed by atoms with Gasteiger partial charge in [-0.3, -0.25) is 10.1 Å². The molecule has 10 heteroatoms. The van der Waals surface area contributed by atoms with E-state index in [4.69, 9.17) is 15.2 Å². The van der Waals surface area contributed by atoms with Crippen molar-refractivity contribution in [2.45, 2.75) is 25.0 Å². The van der Waals surface area contributed by atoms with E-state index >= 15 is 0 Å². The van der Waals surface area contributed by atoms with E-state index < -0.39 is 18.3 Å². The summed E-state index contributed by atoms with van der Waals surface area (Å²) in [5.74, 6) is 0.114. The Morgan fingerprint density at radius 2 is 1.54 bits per heavy atom. The number of rotatable bonds is 11. The van der Waals surface area contributed by atoms with E-state index in [1.54, 1.807) is 60.7 Å². The molecule has 5 rings (SSSR count). The highest BCUT2D eigenvalue weighted by molar-refractivity contribution is 9.11. The van der Waals surface area contributed by atoms with Crippen LogP contribution in [0.1, 0.15) is 24.5 Å². The molecule has 0 aliphatic heterocycles. The second-order valence-electron chi connectivity index (χ2n) is 10.3. The van der Waals surface area contributed by atoms with E-state index in [0.29, 0.717) is 50.2 Å². The fourth-order valence-electron chi connectivity index (χ4n) is 4.91. The topological polar surface area (TPSA) is 123 Å². The van der Waals surface area contributed by atoms with Crippen LogP contribution in [0, 0.1) is 0 Å². The summed E-state index contributed by atoms with van der Waals surface area (Å²) >= 11 is 6.89. The lowest BCUT2D eigenvalue weighted by Crippen LogP contribution is -2.31. The van der Waals surface area contributed by atoms with Gasteiger partial charge in [0.2, 0.25) is 5.91 Å². The molecular weight excluding hydrogens is 714 g/mol. The predicted molar refractivity (Wildman–Crippen MR) is 189 cm³/mol. The number of aromatic hydroxyl groups is 1. The molecule has 5 aromatic rings. The molecule has 5 aromatic carbocycles. The number of carbonyl (C=O) groups excluding carboxylic acids is 2. The average molecular weight is 745 g/mol. The molecule has 2 amide bonds. The van der Waals surface area contributed by atoms with E-state index in [-0.39, 0.29) is 11.7 Å². The average Bonchev–Trinajstić information content (AvgIpc) is 3.05. The normalized spacial score (nSPS) is 12.4. The Labute approximate surface area is 283 Å². The minimum atomic E-state index is -1.06. The lowest BCUT2D eigenvalue weighted by Gasteiger charge is -2.29. The first-order valence-corrected chi connectivity index (χ1v) is 16.0. The van der Waals surface area contributed by atoms with Crippen molar-refractivity contribution in [1.29, 1.82) is 0 Å².